The average molecular weight is 214 g/mol. The topological polar surface area (TPSA) is 34.1 Å². The maximum Gasteiger partial charge on any atom is 0.148 e. The van der Waals surface area contributed by atoms with Crippen LogP contribution in [-0.2, 0) is 15.0 Å². The van der Waals surface area contributed by atoms with Gasteiger partial charge in [0.05, 0.1) is 0 Å². The van der Waals surface area contributed by atoms with Gasteiger partial charge in [-0.2, -0.15) is 0 Å². The zero-order chi connectivity index (χ0) is 12.2. The molecule has 0 aliphatic carbocycles. The van der Waals surface area contributed by atoms with Crippen LogP contribution in [0.5, 0.6) is 0 Å². The van der Waals surface area contributed by atoms with Gasteiger partial charge in [0, 0.05) is 6.42 Å². The van der Waals surface area contributed by atoms with E-state index in [1.807, 2.05) is 6.07 Å². The van der Waals surface area contributed by atoms with Gasteiger partial charge in [-0.3, -0.25) is 9.59 Å². The Kier molecular flexibility index (Phi) is 3.63. The summed E-state index contributed by atoms with van der Waals surface area (Å²) in [5.41, 5.74) is -0.497. The molecule has 0 bridgehead atoms. The van der Waals surface area contributed by atoms with E-state index in [-0.39, 0.29) is 18.0 Å². The first-order chi connectivity index (χ1) is 7.55. The maximum absolute atomic E-state index is 11.8. The third-order valence-corrected chi connectivity index (χ3v) is 2.84. The highest BCUT2D eigenvalue weighted by molar-refractivity contribution is 6.11. The molecule has 16 heavy (non-hydrogen) atoms. The molecule has 0 N–H and O–H groups in total. The minimum absolute atomic E-state index is 0.113. The number of Topliss-reactive ketones (excluding diaryl/α,β-unsaturated/α-hetero) is 2. The van der Waals surface area contributed by atoms with Gasteiger partial charge in [0.1, 0.15) is 17.0 Å². The van der Waals surface area contributed by atoms with Gasteiger partial charge in [-0.25, -0.2) is 0 Å². The second kappa shape index (κ2) is 4.76. The van der Waals surface area contributed by atoms with E-state index in [2.05, 4.69) is 5.92 Å². The minimum atomic E-state index is -1.17. The lowest BCUT2D eigenvalue weighted by Gasteiger charge is -2.26. The van der Waals surface area contributed by atoms with Crippen molar-refractivity contribution >= 4 is 11.6 Å². The van der Waals surface area contributed by atoms with Gasteiger partial charge >= 0.3 is 0 Å². The van der Waals surface area contributed by atoms with Gasteiger partial charge in [0.2, 0.25) is 0 Å². The number of rotatable bonds is 4. The standard InChI is InChI=1S/C14H14O2/c1-4-10-14(11(2)15,12(3)16)13-8-6-5-7-9-13/h1,5-9H,10H2,2-3H3. The third-order valence-electron chi connectivity index (χ3n) is 2.84. The second-order valence-electron chi connectivity index (χ2n) is 3.76. The molecule has 0 heterocycles. The molecule has 0 fully saturated rings. The van der Waals surface area contributed by atoms with Crippen molar-refractivity contribution in [2.75, 3.05) is 0 Å². The molecular formula is C14H14O2. The first-order valence-electron chi connectivity index (χ1n) is 5.06. The fraction of sp³-hybridized carbons (Fsp3) is 0.286. The maximum atomic E-state index is 11.8. The summed E-state index contributed by atoms with van der Waals surface area (Å²) < 4.78 is 0. The van der Waals surface area contributed by atoms with Gasteiger partial charge in [0.25, 0.3) is 0 Å². The zero-order valence-electron chi connectivity index (χ0n) is 9.49. The predicted octanol–water partition coefficient (Wildman–Crippen LogP) is 2.13. The highest BCUT2D eigenvalue weighted by Gasteiger charge is 2.41. The molecule has 2 heteroatoms. The summed E-state index contributed by atoms with van der Waals surface area (Å²) in [5.74, 6) is 2.02. The van der Waals surface area contributed by atoms with Crippen molar-refractivity contribution in [2.24, 2.45) is 0 Å². The van der Waals surface area contributed by atoms with E-state index in [1.165, 1.54) is 13.8 Å². The Balaban J connectivity index is 3.40. The van der Waals surface area contributed by atoms with Crippen LogP contribution in [0.4, 0.5) is 0 Å². The van der Waals surface area contributed by atoms with Gasteiger partial charge in [-0.05, 0) is 19.4 Å². The first kappa shape index (κ1) is 12.2. The molecule has 2 nitrogen and oxygen atoms in total. The largest absolute Gasteiger partial charge is 0.298 e. The molecule has 0 saturated carbocycles. The number of carbonyl (C=O) groups excluding carboxylic acids is 2. The number of terminal acetylenes is 1. The van der Waals surface area contributed by atoms with E-state index in [1.54, 1.807) is 24.3 Å². The van der Waals surface area contributed by atoms with Crippen LogP contribution in [0.25, 0.3) is 0 Å². The highest BCUT2D eigenvalue weighted by Crippen LogP contribution is 2.30. The van der Waals surface area contributed by atoms with Crippen molar-refractivity contribution < 1.29 is 9.59 Å². The molecule has 1 aromatic carbocycles. The number of carbonyl (C=O) groups is 2. The smallest absolute Gasteiger partial charge is 0.148 e. The minimum Gasteiger partial charge on any atom is -0.298 e. The predicted molar refractivity (Wildman–Crippen MR) is 62.9 cm³/mol. The van der Waals surface area contributed by atoms with Crippen molar-refractivity contribution in [3.05, 3.63) is 35.9 Å². The van der Waals surface area contributed by atoms with E-state index in [0.29, 0.717) is 5.56 Å². The quantitative estimate of drug-likeness (QED) is 0.568. The van der Waals surface area contributed by atoms with E-state index >= 15 is 0 Å². The second-order valence-corrected chi connectivity index (χ2v) is 3.76. The normalized spacial score (nSPS) is 10.6. The fourth-order valence-corrected chi connectivity index (χ4v) is 1.88. The van der Waals surface area contributed by atoms with E-state index < -0.39 is 5.41 Å². The van der Waals surface area contributed by atoms with Crippen LogP contribution in [0.2, 0.25) is 0 Å². The molecule has 0 saturated heterocycles. The lowest BCUT2D eigenvalue weighted by atomic mass is 9.72. The lowest BCUT2D eigenvalue weighted by molar-refractivity contribution is -0.132. The van der Waals surface area contributed by atoms with Gasteiger partial charge in [-0.15, -0.1) is 12.3 Å². The van der Waals surface area contributed by atoms with Crippen LogP contribution in [0.1, 0.15) is 25.8 Å². The molecule has 0 radical (unpaired) electrons. The molecule has 0 spiro atoms. The van der Waals surface area contributed by atoms with E-state index in [9.17, 15) is 9.59 Å². The van der Waals surface area contributed by atoms with Crippen molar-refractivity contribution in [1.82, 2.24) is 0 Å². The van der Waals surface area contributed by atoms with Crippen molar-refractivity contribution in [2.45, 2.75) is 25.7 Å². The van der Waals surface area contributed by atoms with Crippen molar-refractivity contribution in [1.29, 1.82) is 0 Å². The molecule has 0 aromatic heterocycles. The average Bonchev–Trinajstić information content (AvgIpc) is 2.26. The number of benzene rings is 1. The van der Waals surface area contributed by atoms with Gasteiger partial charge in [-0.1, -0.05) is 30.3 Å². The van der Waals surface area contributed by atoms with Crippen molar-refractivity contribution in [3.63, 3.8) is 0 Å². The Morgan fingerprint density at radius 1 is 1.19 bits per heavy atom. The lowest BCUT2D eigenvalue weighted by Crippen LogP contribution is -2.40. The van der Waals surface area contributed by atoms with Crippen LogP contribution in [-0.4, -0.2) is 11.6 Å². The zero-order valence-corrected chi connectivity index (χ0v) is 9.49. The first-order valence-corrected chi connectivity index (χ1v) is 5.06. The molecule has 0 amide bonds. The van der Waals surface area contributed by atoms with E-state index in [0.717, 1.165) is 0 Å². The van der Waals surface area contributed by atoms with Gasteiger partial charge < -0.3 is 0 Å². The van der Waals surface area contributed by atoms with Crippen LogP contribution in [0.3, 0.4) is 0 Å². The molecular weight excluding hydrogens is 200 g/mol. The monoisotopic (exact) mass is 214 g/mol. The Hall–Kier alpha value is -1.88. The molecule has 0 unspecified atom stereocenters. The molecule has 1 aromatic rings. The Bertz CT molecular complexity index is 424. The van der Waals surface area contributed by atoms with Crippen LogP contribution in [0, 0.1) is 12.3 Å². The molecule has 0 aliphatic heterocycles. The summed E-state index contributed by atoms with van der Waals surface area (Å²) >= 11 is 0. The van der Waals surface area contributed by atoms with Gasteiger partial charge in [0.15, 0.2) is 0 Å². The highest BCUT2D eigenvalue weighted by atomic mass is 16.2. The number of hydrogen-bond acceptors (Lipinski definition) is 2. The molecule has 0 aliphatic rings. The van der Waals surface area contributed by atoms with Crippen molar-refractivity contribution in [3.8, 4) is 12.3 Å². The fourth-order valence-electron chi connectivity index (χ4n) is 1.88. The van der Waals surface area contributed by atoms with E-state index in [4.69, 9.17) is 6.42 Å². The van der Waals surface area contributed by atoms with Crippen LogP contribution >= 0.6 is 0 Å². The number of ketones is 2. The summed E-state index contributed by atoms with van der Waals surface area (Å²) in [6, 6.07) is 8.96. The Labute approximate surface area is 95.7 Å². The number of hydrogen-bond donors (Lipinski definition) is 0. The summed E-state index contributed by atoms with van der Waals surface area (Å²) in [6.07, 6.45) is 5.39. The molecule has 0 atom stereocenters. The van der Waals surface area contributed by atoms with Crippen LogP contribution < -0.4 is 0 Å². The SMILES string of the molecule is C#CCC(C(C)=O)(C(C)=O)c1ccccc1. The third kappa shape index (κ3) is 1.90. The Morgan fingerprint density at radius 3 is 2.06 bits per heavy atom. The Morgan fingerprint density at radius 2 is 1.69 bits per heavy atom. The van der Waals surface area contributed by atoms with Crippen LogP contribution in [0.15, 0.2) is 30.3 Å². The molecule has 1 rings (SSSR count). The summed E-state index contributed by atoms with van der Waals surface area (Å²) in [4.78, 5) is 23.6. The summed E-state index contributed by atoms with van der Waals surface area (Å²) in [7, 11) is 0. The summed E-state index contributed by atoms with van der Waals surface area (Å²) in [5, 5.41) is 0. The summed E-state index contributed by atoms with van der Waals surface area (Å²) in [6.45, 7) is 2.82. The molecule has 82 valence electrons.